The number of nitrogens with zero attached hydrogens (tertiary/aromatic N) is 2. The number of ether oxygens (including phenoxy) is 1. The number of benzene rings is 2. The highest BCUT2D eigenvalue weighted by atomic mass is 19.1. The fraction of sp³-hybridized carbons (Fsp3) is 0.367. The van der Waals surface area contributed by atoms with E-state index in [0.717, 1.165) is 49.8 Å². The number of morpholine rings is 1. The van der Waals surface area contributed by atoms with Gasteiger partial charge in [0.1, 0.15) is 17.4 Å². The first-order valence-corrected chi connectivity index (χ1v) is 13.2. The van der Waals surface area contributed by atoms with Gasteiger partial charge < -0.3 is 15.4 Å². The Morgan fingerprint density at radius 1 is 1.00 bits per heavy atom. The summed E-state index contributed by atoms with van der Waals surface area (Å²) in [6.45, 7) is 8.56. The average molecular weight is 537 g/mol. The lowest BCUT2D eigenvalue weighted by molar-refractivity contribution is -0.118. The van der Waals surface area contributed by atoms with Gasteiger partial charge in [-0.2, -0.15) is 0 Å². The van der Waals surface area contributed by atoms with Crippen molar-refractivity contribution in [3.05, 3.63) is 83.2 Å². The maximum atomic E-state index is 13.8. The maximum Gasteiger partial charge on any atom is 0.259 e. The van der Waals surface area contributed by atoms with Crippen molar-refractivity contribution < 1.29 is 23.1 Å². The largest absolute Gasteiger partial charge is 0.373 e. The topological polar surface area (TPSA) is 83.6 Å². The third-order valence-electron chi connectivity index (χ3n) is 6.37. The van der Waals surface area contributed by atoms with E-state index in [1.807, 2.05) is 31.2 Å². The third kappa shape index (κ3) is 8.15. The average Bonchev–Trinajstić information content (AvgIpc) is 2.84. The number of pyridine rings is 1. The molecular formula is C30H34F2N4O3. The number of carbonyl (C=O) groups excluding carboxylic acids is 2. The third-order valence-corrected chi connectivity index (χ3v) is 6.37. The zero-order chi connectivity index (χ0) is 27.9. The van der Waals surface area contributed by atoms with Crippen LogP contribution in [0.5, 0.6) is 0 Å². The van der Waals surface area contributed by atoms with Gasteiger partial charge in [0.2, 0.25) is 0 Å². The fourth-order valence-electron chi connectivity index (χ4n) is 4.79. The van der Waals surface area contributed by atoms with Gasteiger partial charge in [-0.15, -0.1) is 0 Å². The van der Waals surface area contributed by atoms with E-state index in [9.17, 15) is 18.4 Å². The molecule has 0 radical (unpaired) electrons. The minimum Gasteiger partial charge on any atom is -0.373 e. The van der Waals surface area contributed by atoms with Crippen LogP contribution in [0.25, 0.3) is 0 Å². The van der Waals surface area contributed by atoms with Crippen LogP contribution in [-0.2, 0) is 22.5 Å². The number of aromatic nitrogens is 1. The summed E-state index contributed by atoms with van der Waals surface area (Å²) in [6.07, 6.45) is 2.98. The van der Waals surface area contributed by atoms with Crippen LogP contribution in [0.3, 0.4) is 0 Å². The molecule has 2 heterocycles. The molecule has 3 aromatic rings. The van der Waals surface area contributed by atoms with Crippen molar-refractivity contribution in [2.75, 3.05) is 23.7 Å². The second kappa shape index (κ2) is 12.9. The number of carbonyl (C=O) groups is 2. The SMILES string of the molecule is CCCC(=O)Cc1cc(Nc2cc(F)cc(F)c2)c(C(=O)Nc2ccc(CN3C[C@@H](C)O[C@@H](C)C3)cc2)cn1. The van der Waals surface area contributed by atoms with Gasteiger partial charge in [0.15, 0.2) is 0 Å². The minimum absolute atomic E-state index is 0.0195. The van der Waals surface area contributed by atoms with Crippen molar-refractivity contribution in [1.29, 1.82) is 0 Å². The van der Waals surface area contributed by atoms with Gasteiger partial charge in [0.25, 0.3) is 5.91 Å². The van der Waals surface area contributed by atoms with Gasteiger partial charge in [-0.05, 0) is 56.2 Å². The van der Waals surface area contributed by atoms with Gasteiger partial charge >= 0.3 is 0 Å². The lowest BCUT2D eigenvalue weighted by Gasteiger charge is -2.35. The highest BCUT2D eigenvalue weighted by Crippen LogP contribution is 2.25. The molecule has 1 aromatic heterocycles. The summed E-state index contributed by atoms with van der Waals surface area (Å²) in [6, 6.07) is 12.2. The molecule has 2 atom stereocenters. The molecule has 1 aliphatic rings. The van der Waals surface area contributed by atoms with Crippen molar-refractivity contribution in [3.8, 4) is 0 Å². The molecule has 0 bridgehead atoms. The Labute approximate surface area is 227 Å². The number of halogens is 2. The first-order valence-electron chi connectivity index (χ1n) is 13.2. The van der Waals surface area contributed by atoms with Crippen LogP contribution in [-0.4, -0.2) is 46.9 Å². The fourth-order valence-corrected chi connectivity index (χ4v) is 4.79. The molecule has 2 aromatic carbocycles. The van der Waals surface area contributed by atoms with E-state index in [4.69, 9.17) is 4.74 Å². The quantitative estimate of drug-likeness (QED) is 0.337. The Bertz CT molecular complexity index is 1290. The van der Waals surface area contributed by atoms with E-state index in [-0.39, 0.29) is 35.7 Å². The van der Waals surface area contributed by atoms with E-state index in [1.165, 1.54) is 6.20 Å². The predicted molar refractivity (Wildman–Crippen MR) is 147 cm³/mol. The molecule has 1 aliphatic heterocycles. The molecule has 1 saturated heterocycles. The van der Waals surface area contributed by atoms with Crippen molar-refractivity contribution >= 4 is 28.8 Å². The smallest absolute Gasteiger partial charge is 0.259 e. The zero-order valence-electron chi connectivity index (χ0n) is 22.5. The zero-order valence-corrected chi connectivity index (χ0v) is 22.5. The summed E-state index contributed by atoms with van der Waals surface area (Å²) in [4.78, 5) is 32.1. The second-order valence-corrected chi connectivity index (χ2v) is 10.1. The molecule has 4 rings (SSSR count). The van der Waals surface area contributed by atoms with E-state index in [0.29, 0.717) is 23.5 Å². The molecule has 0 unspecified atom stereocenters. The second-order valence-electron chi connectivity index (χ2n) is 10.1. The first kappa shape index (κ1) is 28.3. The van der Waals surface area contributed by atoms with Crippen molar-refractivity contribution in [2.45, 2.75) is 58.8 Å². The van der Waals surface area contributed by atoms with Crippen LogP contribution in [0.15, 0.2) is 54.7 Å². The first-order chi connectivity index (χ1) is 18.7. The molecule has 206 valence electrons. The van der Waals surface area contributed by atoms with Gasteiger partial charge in [-0.3, -0.25) is 19.5 Å². The molecule has 1 amide bonds. The highest BCUT2D eigenvalue weighted by Gasteiger charge is 2.22. The molecule has 7 nitrogen and oxygen atoms in total. The molecule has 39 heavy (non-hydrogen) atoms. The van der Waals surface area contributed by atoms with E-state index in [1.54, 1.807) is 6.07 Å². The van der Waals surface area contributed by atoms with Gasteiger partial charge in [-0.1, -0.05) is 19.1 Å². The molecular weight excluding hydrogens is 502 g/mol. The van der Waals surface area contributed by atoms with Crippen LogP contribution in [0.4, 0.5) is 25.8 Å². The van der Waals surface area contributed by atoms with Crippen LogP contribution in [0.1, 0.15) is 55.2 Å². The normalized spacial score (nSPS) is 17.6. The summed E-state index contributed by atoms with van der Waals surface area (Å²) < 4.78 is 33.4. The highest BCUT2D eigenvalue weighted by molar-refractivity contribution is 6.08. The number of hydrogen-bond acceptors (Lipinski definition) is 6. The molecule has 0 aliphatic carbocycles. The molecule has 0 saturated carbocycles. The molecule has 9 heteroatoms. The Kier molecular flexibility index (Phi) is 9.37. The Morgan fingerprint density at radius 3 is 2.31 bits per heavy atom. The summed E-state index contributed by atoms with van der Waals surface area (Å²) in [5.74, 6) is -1.93. The number of Topliss-reactive ketones (excluding diaryl/α,β-unsaturated/α-hetero) is 1. The molecule has 2 N–H and O–H groups in total. The van der Waals surface area contributed by atoms with E-state index >= 15 is 0 Å². The van der Waals surface area contributed by atoms with E-state index in [2.05, 4.69) is 34.4 Å². The Balaban J connectivity index is 1.50. The van der Waals surface area contributed by atoms with Crippen LogP contribution in [0.2, 0.25) is 0 Å². The summed E-state index contributed by atoms with van der Waals surface area (Å²) in [7, 11) is 0. The number of rotatable bonds is 10. The number of nitrogens with one attached hydrogen (secondary N) is 2. The minimum atomic E-state index is -0.753. The number of anilines is 3. The molecule has 1 fully saturated rings. The maximum absolute atomic E-state index is 13.8. The standard InChI is InChI=1S/C30H34F2N4O3/c1-4-5-27(37)13-25-14-29(34-26-11-22(31)10-23(32)12-26)28(15-33-25)30(38)35-24-8-6-21(7-9-24)18-36-16-19(2)39-20(3)17-36/h6-12,14-15,19-20H,4-5,13,16-18H2,1-3H3,(H,33,34)(H,35,38)/t19-,20+. The Hall–Kier alpha value is -3.69. The van der Waals surface area contributed by atoms with Crippen molar-refractivity contribution in [2.24, 2.45) is 0 Å². The summed E-state index contributed by atoms with van der Waals surface area (Å²) in [5.41, 5.74) is 2.77. The van der Waals surface area contributed by atoms with Crippen LogP contribution >= 0.6 is 0 Å². The van der Waals surface area contributed by atoms with Gasteiger partial charge in [0.05, 0.1) is 23.5 Å². The number of amides is 1. The predicted octanol–water partition coefficient (Wildman–Crippen LogP) is 5.88. The van der Waals surface area contributed by atoms with Crippen molar-refractivity contribution in [1.82, 2.24) is 9.88 Å². The van der Waals surface area contributed by atoms with Gasteiger partial charge in [0, 0.05) is 61.8 Å². The lowest BCUT2D eigenvalue weighted by atomic mass is 10.1. The van der Waals surface area contributed by atoms with Crippen LogP contribution in [0, 0.1) is 11.6 Å². The summed E-state index contributed by atoms with van der Waals surface area (Å²) >= 11 is 0. The summed E-state index contributed by atoms with van der Waals surface area (Å²) in [5, 5.41) is 5.79. The Morgan fingerprint density at radius 2 is 1.67 bits per heavy atom. The van der Waals surface area contributed by atoms with Crippen LogP contribution < -0.4 is 10.6 Å². The lowest BCUT2D eigenvalue weighted by Crippen LogP contribution is -2.44. The van der Waals surface area contributed by atoms with E-state index < -0.39 is 17.5 Å². The number of hydrogen-bond donors (Lipinski definition) is 2. The number of ketones is 1. The molecule has 0 spiro atoms. The monoisotopic (exact) mass is 536 g/mol. The van der Waals surface area contributed by atoms with Gasteiger partial charge in [-0.25, -0.2) is 8.78 Å². The van der Waals surface area contributed by atoms with Crippen molar-refractivity contribution in [3.63, 3.8) is 0 Å².